The molecule has 0 aliphatic heterocycles. The Labute approximate surface area is 278 Å². The SMILES string of the molecule is CC.CC.CC.CC.O=C(Nc1ccccc1)c1c[nH]c2ccsc2c1=O.O=C(Nc1ccccc1)c1c[nH]c2sccc2c1=O. The Kier molecular flexibility index (Phi) is 18.6. The van der Waals surface area contributed by atoms with Crippen LogP contribution in [0.2, 0.25) is 0 Å². The average Bonchev–Trinajstić information content (AvgIpc) is 3.81. The molecule has 4 aromatic heterocycles. The average molecular weight is 661 g/mol. The van der Waals surface area contributed by atoms with Crippen molar-refractivity contribution in [2.75, 3.05) is 10.6 Å². The first-order chi connectivity index (χ1) is 22.5. The number of aromatic amines is 2. The number of hydrogen-bond donors (Lipinski definition) is 4. The molecule has 0 saturated heterocycles. The van der Waals surface area contributed by atoms with Crippen LogP contribution >= 0.6 is 22.7 Å². The van der Waals surface area contributed by atoms with Gasteiger partial charge in [-0.3, -0.25) is 19.2 Å². The van der Waals surface area contributed by atoms with Crippen LogP contribution in [0.25, 0.3) is 20.4 Å². The van der Waals surface area contributed by atoms with Crippen LogP contribution in [-0.2, 0) is 0 Å². The fraction of sp³-hybridized carbons (Fsp3) is 0.222. The number of thiophene rings is 2. The quantitative estimate of drug-likeness (QED) is 0.150. The highest BCUT2D eigenvalue weighted by molar-refractivity contribution is 7.17. The first-order valence-corrected chi connectivity index (χ1v) is 17.2. The number of aromatic nitrogens is 2. The molecule has 46 heavy (non-hydrogen) atoms. The van der Waals surface area contributed by atoms with Crippen LogP contribution in [0.15, 0.2) is 106 Å². The monoisotopic (exact) mass is 660 g/mol. The number of hydrogen-bond acceptors (Lipinski definition) is 6. The molecule has 8 nitrogen and oxygen atoms in total. The molecule has 10 heteroatoms. The molecule has 244 valence electrons. The van der Waals surface area contributed by atoms with Gasteiger partial charge in [-0.1, -0.05) is 91.8 Å². The maximum absolute atomic E-state index is 12.2. The first-order valence-electron chi connectivity index (χ1n) is 15.4. The number of para-hydroxylation sites is 2. The molecule has 0 unspecified atom stereocenters. The number of fused-ring (bicyclic) bond motifs is 2. The van der Waals surface area contributed by atoms with Gasteiger partial charge in [0.25, 0.3) is 11.8 Å². The lowest BCUT2D eigenvalue weighted by atomic mass is 10.2. The number of amides is 2. The number of carbonyl (C=O) groups excluding carboxylic acids is 2. The van der Waals surface area contributed by atoms with Gasteiger partial charge in [-0.15, -0.1) is 22.7 Å². The van der Waals surface area contributed by atoms with Crippen LogP contribution in [0, 0.1) is 0 Å². The van der Waals surface area contributed by atoms with Crippen molar-refractivity contribution < 1.29 is 9.59 Å². The number of H-pyrrole nitrogens is 2. The highest BCUT2D eigenvalue weighted by Crippen LogP contribution is 2.16. The molecule has 0 atom stereocenters. The lowest BCUT2D eigenvalue weighted by molar-refractivity contribution is 0.101. The molecular formula is C36H44N4O4S2. The topological polar surface area (TPSA) is 124 Å². The zero-order valence-corrected chi connectivity index (χ0v) is 29.3. The normalized spacial score (nSPS) is 9.22. The predicted molar refractivity (Wildman–Crippen MR) is 199 cm³/mol. The Morgan fingerprint density at radius 3 is 1.54 bits per heavy atom. The van der Waals surface area contributed by atoms with Crippen LogP contribution in [0.4, 0.5) is 11.4 Å². The summed E-state index contributed by atoms with van der Waals surface area (Å²) in [6.07, 6.45) is 2.91. The number of carbonyl (C=O) groups is 2. The molecule has 6 rings (SSSR count). The number of benzene rings is 2. The van der Waals surface area contributed by atoms with E-state index in [2.05, 4.69) is 20.6 Å². The van der Waals surface area contributed by atoms with Gasteiger partial charge >= 0.3 is 0 Å². The summed E-state index contributed by atoms with van der Waals surface area (Å²) in [6.45, 7) is 16.0. The minimum atomic E-state index is -0.402. The lowest BCUT2D eigenvalue weighted by Gasteiger charge is -2.04. The van der Waals surface area contributed by atoms with Gasteiger partial charge in [-0.2, -0.15) is 0 Å². The van der Waals surface area contributed by atoms with Gasteiger partial charge in [-0.25, -0.2) is 0 Å². The van der Waals surface area contributed by atoms with Gasteiger partial charge < -0.3 is 20.6 Å². The van der Waals surface area contributed by atoms with E-state index in [-0.39, 0.29) is 22.0 Å². The molecule has 0 aliphatic carbocycles. The maximum atomic E-state index is 12.2. The van der Waals surface area contributed by atoms with Crippen molar-refractivity contribution in [3.05, 3.63) is 128 Å². The summed E-state index contributed by atoms with van der Waals surface area (Å²) in [7, 11) is 0. The zero-order valence-electron chi connectivity index (χ0n) is 27.7. The third-order valence-electron chi connectivity index (χ3n) is 5.54. The summed E-state index contributed by atoms with van der Waals surface area (Å²) in [5.41, 5.74) is 1.84. The van der Waals surface area contributed by atoms with Crippen molar-refractivity contribution in [1.29, 1.82) is 0 Å². The Bertz CT molecular complexity index is 1720. The molecule has 4 N–H and O–H groups in total. The fourth-order valence-corrected chi connectivity index (χ4v) is 5.23. The summed E-state index contributed by atoms with van der Waals surface area (Å²) in [6, 6.07) is 21.6. The van der Waals surface area contributed by atoms with Crippen molar-refractivity contribution >= 4 is 66.3 Å². The molecule has 4 heterocycles. The standard InChI is InChI=1S/2C14H10N2O2S.4C2H6/c17-12-10(8-15-11-6-7-19-13(11)12)14(18)16-9-4-2-1-3-5-9;17-12-10-6-7-19-14(10)15-8-11(12)13(18)16-9-4-2-1-3-5-9;4*1-2/h2*1-8H,(H,15,17)(H,16,18);4*1-2H3. The molecule has 0 bridgehead atoms. The fourth-order valence-electron chi connectivity index (χ4n) is 3.66. The molecule has 0 saturated carbocycles. The Morgan fingerprint density at radius 2 is 1.02 bits per heavy atom. The van der Waals surface area contributed by atoms with E-state index in [0.29, 0.717) is 21.5 Å². The summed E-state index contributed by atoms with van der Waals surface area (Å²) in [5.74, 6) is -0.802. The first kappa shape index (κ1) is 39.2. The molecule has 6 aromatic rings. The van der Waals surface area contributed by atoms with Gasteiger partial charge in [0.15, 0.2) is 0 Å². The van der Waals surface area contributed by atoms with Gasteiger partial charge in [0, 0.05) is 23.8 Å². The van der Waals surface area contributed by atoms with E-state index in [4.69, 9.17) is 0 Å². The van der Waals surface area contributed by atoms with Crippen LogP contribution in [0.3, 0.4) is 0 Å². The Morgan fingerprint density at radius 1 is 0.565 bits per heavy atom. The summed E-state index contributed by atoms with van der Waals surface area (Å²) >= 11 is 2.77. The van der Waals surface area contributed by atoms with E-state index in [9.17, 15) is 19.2 Å². The predicted octanol–water partition coefficient (Wildman–Crippen LogP) is 9.79. The molecule has 0 fully saturated rings. The smallest absolute Gasteiger partial charge is 0.261 e. The van der Waals surface area contributed by atoms with Crippen LogP contribution in [0.1, 0.15) is 76.1 Å². The van der Waals surface area contributed by atoms with Gasteiger partial charge in [0.05, 0.1) is 15.6 Å². The zero-order chi connectivity index (χ0) is 34.5. The number of nitrogens with one attached hydrogen (secondary N) is 4. The van der Waals surface area contributed by atoms with Crippen LogP contribution in [-0.4, -0.2) is 21.8 Å². The van der Waals surface area contributed by atoms with Crippen LogP contribution in [0.5, 0.6) is 0 Å². The molecule has 0 spiro atoms. The second-order valence-electron chi connectivity index (χ2n) is 8.03. The van der Waals surface area contributed by atoms with Gasteiger partial charge in [0.2, 0.25) is 10.9 Å². The Balaban J connectivity index is 0.000000379. The largest absolute Gasteiger partial charge is 0.359 e. The molecular weight excluding hydrogens is 617 g/mol. The van der Waals surface area contributed by atoms with Gasteiger partial charge in [-0.05, 0) is 47.2 Å². The molecule has 2 amide bonds. The maximum Gasteiger partial charge on any atom is 0.261 e. The minimum Gasteiger partial charge on any atom is -0.359 e. The number of anilines is 2. The number of pyridine rings is 2. The van der Waals surface area contributed by atoms with Gasteiger partial charge in [0.1, 0.15) is 16.0 Å². The van der Waals surface area contributed by atoms with E-state index >= 15 is 0 Å². The highest BCUT2D eigenvalue weighted by Gasteiger charge is 2.14. The highest BCUT2D eigenvalue weighted by atomic mass is 32.1. The van der Waals surface area contributed by atoms with Crippen molar-refractivity contribution in [1.82, 2.24) is 9.97 Å². The second-order valence-corrected chi connectivity index (χ2v) is 9.86. The van der Waals surface area contributed by atoms with E-state index in [1.807, 2.05) is 109 Å². The number of rotatable bonds is 4. The van der Waals surface area contributed by atoms with E-state index in [0.717, 1.165) is 10.3 Å². The Hall–Kier alpha value is -4.80. The van der Waals surface area contributed by atoms with Crippen molar-refractivity contribution in [3.63, 3.8) is 0 Å². The third kappa shape index (κ3) is 10.7. The van der Waals surface area contributed by atoms with E-state index in [1.54, 1.807) is 30.3 Å². The molecule has 0 radical (unpaired) electrons. The molecule has 0 aliphatic rings. The van der Waals surface area contributed by atoms with Crippen LogP contribution < -0.4 is 21.5 Å². The minimum absolute atomic E-state index is 0.120. The van der Waals surface area contributed by atoms with Crippen molar-refractivity contribution in [2.45, 2.75) is 55.4 Å². The van der Waals surface area contributed by atoms with E-state index < -0.39 is 11.8 Å². The van der Waals surface area contributed by atoms with Crippen molar-refractivity contribution in [2.24, 2.45) is 0 Å². The van der Waals surface area contributed by atoms with Crippen molar-refractivity contribution in [3.8, 4) is 0 Å². The van der Waals surface area contributed by atoms with E-state index in [1.165, 1.54) is 35.1 Å². The lowest BCUT2D eigenvalue weighted by Crippen LogP contribution is -2.21. The second kappa shape index (κ2) is 21.8. The summed E-state index contributed by atoms with van der Waals surface area (Å²) in [4.78, 5) is 55.1. The molecule has 2 aromatic carbocycles. The third-order valence-corrected chi connectivity index (χ3v) is 7.30. The summed E-state index contributed by atoms with van der Waals surface area (Å²) in [5, 5.41) is 9.59. The summed E-state index contributed by atoms with van der Waals surface area (Å²) < 4.78 is 0.570.